The van der Waals surface area contributed by atoms with E-state index < -0.39 is 0 Å². The highest BCUT2D eigenvalue weighted by Crippen LogP contribution is 2.16. The fourth-order valence-electron chi connectivity index (χ4n) is 2.10. The molecule has 2 N–H and O–H groups in total. The number of carbonyl (C=O) groups excluding carboxylic acids is 1. The third-order valence-corrected chi connectivity index (χ3v) is 2.97. The molecule has 0 bridgehead atoms. The molecule has 1 heterocycles. The first-order valence-corrected chi connectivity index (χ1v) is 6.32. The molecule has 2 rings (SSSR count). The minimum atomic E-state index is -0.216. The molecule has 98 valence electrons. The van der Waals surface area contributed by atoms with E-state index in [9.17, 15) is 9.59 Å². The molecule has 2 amide bonds. The number of nitrogens with one attached hydrogen (secondary N) is 2. The lowest BCUT2D eigenvalue weighted by atomic mass is 10.2. The normalized spacial score (nSPS) is 13.2. The average Bonchev–Trinajstić information content (AvgIpc) is 2.76. The Hall–Kier alpha value is -1.85. The van der Waals surface area contributed by atoms with Crippen molar-refractivity contribution in [3.05, 3.63) is 27.7 Å². The summed E-state index contributed by atoms with van der Waals surface area (Å²) in [6, 6.07) is 1.45. The molecule has 0 atom stereocenters. The summed E-state index contributed by atoms with van der Waals surface area (Å²) >= 11 is 0. The van der Waals surface area contributed by atoms with Gasteiger partial charge in [-0.05, 0) is 31.7 Å². The second kappa shape index (κ2) is 5.66. The van der Waals surface area contributed by atoms with E-state index in [2.05, 4.69) is 15.7 Å². The Morgan fingerprint density at radius 3 is 3.06 bits per heavy atom. The van der Waals surface area contributed by atoms with Crippen LogP contribution in [0, 0.1) is 0 Å². The van der Waals surface area contributed by atoms with Crippen LogP contribution in [0.5, 0.6) is 0 Å². The predicted octanol–water partition coefficient (Wildman–Crippen LogP) is 0.0511. The fourth-order valence-corrected chi connectivity index (χ4v) is 2.10. The van der Waals surface area contributed by atoms with Crippen molar-refractivity contribution in [1.82, 2.24) is 20.4 Å². The van der Waals surface area contributed by atoms with Gasteiger partial charge in [0.2, 0.25) is 0 Å². The fraction of sp³-hybridized carbons (Fsp3) is 0.583. The first-order valence-electron chi connectivity index (χ1n) is 6.32. The van der Waals surface area contributed by atoms with E-state index in [1.165, 1.54) is 4.68 Å². The first-order chi connectivity index (χ1) is 8.70. The van der Waals surface area contributed by atoms with Gasteiger partial charge in [-0.3, -0.25) is 4.79 Å². The Labute approximate surface area is 105 Å². The molecular weight excluding hydrogens is 232 g/mol. The molecule has 0 spiro atoms. The number of nitrogens with zero attached hydrogens (tertiary/aromatic N) is 2. The summed E-state index contributed by atoms with van der Waals surface area (Å²) in [5, 5.41) is 9.64. The van der Waals surface area contributed by atoms with E-state index in [1.807, 2.05) is 6.92 Å². The zero-order valence-electron chi connectivity index (χ0n) is 10.5. The molecule has 0 radical (unpaired) electrons. The van der Waals surface area contributed by atoms with Crippen LogP contribution in [-0.2, 0) is 19.4 Å². The summed E-state index contributed by atoms with van der Waals surface area (Å²) in [7, 11) is 0. The van der Waals surface area contributed by atoms with Gasteiger partial charge in [-0.1, -0.05) is 0 Å². The lowest BCUT2D eigenvalue weighted by molar-refractivity contribution is 0.241. The van der Waals surface area contributed by atoms with Crippen molar-refractivity contribution >= 4 is 6.03 Å². The van der Waals surface area contributed by atoms with Crippen molar-refractivity contribution in [1.29, 1.82) is 0 Å². The maximum absolute atomic E-state index is 11.8. The van der Waals surface area contributed by atoms with Crippen LogP contribution in [0.2, 0.25) is 0 Å². The molecule has 0 fully saturated rings. The molecule has 0 aliphatic heterocycles. The molecular formula is C12H18N4O2. The molecule has 6 heteroatoms. The number of hydrogen-bond acceptors (Lipinski definition) is 3. The van der Waals surface area contributed by atoms with E-state index >= 15 is 0 Å². The van der Waals surface area contributed by atoms with Crippen molar-refractivity contribution in [3.63, 3.8) is 0 Å². The minimum absolute atomic E-state index is 0.0895. The van der Waals surface area contributed by atoms with Crippen molar-refractivity contribution in [2.75, 3.05) is 13.1 Å². The van der Waals surface area contributed by atoms with Gasteiger partial charge >= 0.3 is 6.03 Å². The van der Waals surface area contributed by atoms with E-state index in [-0.39, 0.29) is 11.6 Å². The predicted molar refractivity (Wildman–Crippen MR) is 67.6 cm³/mol. The van der Waals surface area contributed by atoms with Crippen LogP contribution < -0.4 is 16.2 Å². The average molecular weight is 250 g/mol. The van der Waals surface area contributed by atoms with Gasteiger partial charge in [-0.15, -0.1) is 0 Å². The van der Waals surface area contributed by atoms with Crippen LogP contribution in [0.4, 0.5) is 4.79 Å². The van der Waals surface area contributed by atoms with E-state index in [1.54, 1.807) is 6.07 Å². The van der Waals surface area contributed by atoms with Crippen molar-refractivity contribution in [2.24, 2.45) is 0 Å². The standard InChI is InChI=1S/C12H18N4O2/c1-2-13-12(18)14-6-7-16-11(17)8-9-4-3-5-10(9)15-16/h8H,2-7H2,1H3,(H2,13,14,18). The summed E-state index contributed by atoms with van der Waals surface area (Å²) in [6.45, 7) is 3.25. The Morgan fingerprint density at radius 1 is 1.44 bits per heavy atom. The molecule has 0 saturated heterocycles. The van der Waals surface area contributed by atoms with Gasteiger partial charge in [0.1, 0.15) is 0 Å². The number of hydrogen-bond donors (Lipinski definition) is 2. The van der Waals surface area contributed by atoms with Gasteiger partial charge in [0.15, 0.2) is 0 Å². The smallest absolute Gasteiger partial charge is 0.314 e. The molecule has 18 heavy (non-hydrogen) atoms. The topological polar surface area (TPSA) is 76.0 Å². The molecule has 0 unspecified atom stereocenters. The van der Waals surface area contributed by atoms with Gasteiger partial charge in [0.05, 0.1) is 12.2 Å². The highest BCUT2D eigenvalue weighted by Gasteiger charge is 2.14. The van der Waals surface area contributed by atoms with Gasteiger partial charge in [0, 0.05) is 19.2 Å². The molecule has 1 aromatic rings. The third kappa shape index (κ3) is 2.88. The van der Waals surface area contributed by atoms with Gasteiger partial charge in [-0.2, -0.15) is 5.10 Å². The summed E-state index contributed by atoms with van der Waals surface area (Å²) in [5.41, 5.74) is 2.01. The molecule has 1 aromatic heterocycles. The minimum Gasteiger partial charge on any atom is -0.338 e. The molecule has 1 aliphatic carbocycles. The summed E-state index contributed by atoms with van der Waals surface area (Å²) < 4.78 is 1.43. The van der Waals surface area contributed by atoms with Crippen molar-refractivity contribution in [2.45, 2.75) is 32.7 Å². The number of carbonyl (C=O) groups is 1. The van der Waals surface area contributed by atoms with Crippen LogP contribution in [0.15, 0.2) is 10.9 Å². The van der Waals surface area contributed by atoms with Crippen molar-refractivity contribution < 1.29 is 4.79 Å². The third-order valence-electron chi connectivity index (χ3n) is 2.97. The summed E-state index contributed by atoms with van der Waals surface area (Å²) in [6.07, 6.45) is 2.97. The Balaban J connectivity index is 1.94. The largest absolute Gasteiger partial charge is 0.338 e. The number of urea groups is 1. The van der Waals surface area contributed by atoms with Gasteiger partial charge in [0.25, 0.3) is 5.56 Å². The Morgan fingerprint density at radius 2 is 2.28 bits per heavy atom. The zero-order valence-corrected chi connectivity index (χ0v) is 10.5. The first kappa shape index (κ1) is 12.6. The van der Waals surface area contributed by atoms with Crippen LogP contribution >= 0.6 is 0 Å². The van der Waals surface area contributed by atoms with E-state index in [0.29, 0.717) is 19.6 Å². The second-order valence-corrected chi connectivity index (χ2v) is 4.32. The van der Waals surface area contributed by atoms with Crippen LogP contribution in [0.3, 0.4) is 0 Å². The summed E-state index contributed by atoms with van der Waals surface area (Å²) in [4.78, 5) is 22.9. The number of aryl methyl sites for hydroxylation is 2. The number of rotatable bonds is 4. The Kier molecular flexibility index (Phi) is 3.96. The van der Waals surface area contributed by atoms with Crippen molar-refractivity contribution in [3.8, 4) is 0 Å². The molecule has 6 nitrogen and oxygen atoms in total. The Bertz CT molecular complexity index is 495. The lowest BCUT2D eigenvalue weighted by Gasteiger charge is -2.08. The van der Waals surface area contributed by atoms with Crippen LogP contribution in [0.25, 0.3) is 0 Å². The van der Waals surface area contributed by atoms with Crippen LogP contribution in [0.1, 0.15) is 24.6 Å². The highest BCUT2D eigenvalue weighted by atomic mass is 16.2. The summed E-state index contributed by atoms with van der Waals surface area (Å²) in [5.74, 6) is 0. The van der Waals surface area contributed by atoms with Gasteiger partial charge in [-0.25, -0.2) is 9.48 Å². The quantitative estimate of drug-likeness (QED) is 0.793. The molecule has 1 aliphatic rings. The monoisotopic (exact) mass is 250 g/mol. The SMILES string of the molecule is CCNC(=O)NCCn1nc2c(cc1=O)CCC2. The number of fused-ring (bicyclic) bond motifs is 1. The van der Waals surface area contributed by atoms with E-state index in [0.717, 1.165) is 30.5 Å². The lowest BCUT2D eigenvalue weighted by Crippen LogP contribution is -2.38. The molecule has 0 saturated carbocycles. The number of aromatic nitrogens is 2. The van der Waals surface area contributed by atoms with Gasteiger partial charge < -0.3 is 10.6 Å². The van der Waals surface area contributed by atoms with E-state index in [4.69, 9.17) is 0 Å². The highest BCUT2D eigenvalue weighted by molar-refractivity contribution is 5.73. The maximum Gasteiger partial charge on any atom is 0.314 e. The molecule has 0 aromatic carbocycles. The second-order valence-electron chi connectivity index (χ2n) is 4.32. The number of amides is 2. The maximum atomic E-state index is 11.8. The van der Waals surface area contributed by atoms with Crippen LogP contribution in [-0.4, -0.2) is 28.9 Å². The zero-order chi connectivity index (χ0) is 13.0.